The summed E-state index contributed by atoms with van der Waals surface area (Å²) in [5, 5.41) is 12.5. The molecular weight excluding hydrogens is 617 g/mol. The van der Waals surface area contributed by atoms with Crippen molar-refractivity contribution in [1.82, 2.24) is 5.32 Å². The molecule has 0 aromatic heterocycles. The molecule has 4 aromatic rings. The summed E-state index contributed by atoms with van der Waals surface area (Å²) in [5.41, 5.74) is 14.9. The summed E-state index contributed by atoms with van der Waals surface area (Å²) < 4.78 is 0. The number of nitrogens with two attached hydrogens (primary N) is 1. The van der Waals surface area contributed by atoms with Crippen molar-refractivity contribution in [3.63, 3.8) is 0 Å². The Labute approximate surface area is 303 Å². The molecule has 0 radical (unpaired) electrons. The van der Waals surface area contributed by atoms with Crippen LogP contribution in [-0.2, 0) is 35.3 Å². The highest BCUT2D eigenvalue weighted by atomic mass is 16.3. The molecule has 0 unspecified atom stereocenters. The Morgan fingerprint density at radius 2 is 0.840 bits per heavy atom. The molecule has 272 valence electrons. The molecule has 5 heteroatoms. The number of hydrogen-bond acceptors (Lipinski definition) is 4. The number of aliphatic hydroxyl groups is 1. The molecule has 0 fully saturated rings. The number of amides is 1. The molecule has 0 aliphatic heterocycles. The number of aryl methyl sites for hydroxylation is 4. The Hall–Kier alpha value is -4.06. The first-order chi connectivity index (χ1) is 23.0. The van der Waals surface area contributed by atoms with Crippen LogP contribution < -0.4 is 11.1 Å². The van der Waals surface area contributed by atoms with Gasteiger partial charge in [0.15, 0.2) is 0 Å². The molecule has 4 rings (SSSR count). The minimum Gasteiger partial charge on any atom is -0.390 e. The Morgan fingerprint density at radius 1 is 0.540 bits per heavy atom. The van der Waals surface area contributed by atoms with Crippen LogP contribution in [0.2, 0.25) is 0 Å². The van der Waals surface area contributed by atoms with Gasteiger partial charge in [-0.05, 0) is 111 Å². The van der Waals surface area contributed by atoms with Crippen molar-refractivity contribution in [1.29, 1.82) is 0 Å². The molecule has 0 spiro atoms. The number of carbonyl (C=O) groups is 2. The van der Waals surface area contributed by atoms with Crippen molar-refractivity contribution >= 4 is 11.7 Å². The lowest BCUT2D eigenvalue weighted by molar-refractivity contribution is -0.120. The van der Waals surface area contributed by atoms with E-state index in [-0.39, 0.29) is 22.8 Å². The first-order valence-corrected chi connectivity index (χ1v) is 17.5. The number of nitrogens with one attached hydrogen (secondary N) is 1. The van der Waals surface area contributed by atoms with E-state index in [0.29, 0.717) is 12.8 Å². The SMILES string of the molecule is CC(=O)Cc1ccc(C)cc1.CC(=O)NC(C)(C)Cc1ccc(C)cc1.Cc1ccc(CC(C)(C)N)cc1.Cc1ccc(CC(C)(C)O)cc1. The summed E-state index contributed by atoms with van der Waals surface area (Å²) in [4.78, 5) is 21.7. The van der Waals surface area contributed by atoms with Crippen LogP contribution >= 0.6 is 0 Å². The second-order valence-corrected chi connectivity index (χ2v) is 15.7. The van der Waals surface area contributed by atoms with E-state index in [4.69, 9.17) is 5.73 Å². The third-order valence-electron chi connectivity index (χ3n) is 7.39. The fourth-order valence-corrected chi connectivity index (χ4v) is 5.17. The standard InChI is InChI=1S/C13H19NO.C11H17N.C11H16O.C10H12O/c1-10-5-7-12(8-6-10)9-13(3,4)14-11(2)15;2*1-9-4-6-10(7-5-9)8-11(2,3)12;1-8-3-5-10(6-4-8)7-9(2)11/h5-8H,9H2,1-4H3,(H,14,15);4-7H,8,12H2,1-3H3;4-7,12H,8H2,1-3H3;3-6H,7H2,1-2H3. The van der Waals surface area contributed by atoms with Crippen LogP contribution in [0.5, 0.6) is 0 Å². The first-order valence-electron chi connectivity index (χ1n) is 17.5. The van der Waals surface area contributed by atoms with Crippen LogP contribution in [0.15, 0.2) is 97.1 Å². The first kappa shape index (κ1) is 44.0. The van der Waals surface area contributed by atoms with Gasteiger partial charge in [0.1, 0.15) is 5.78 Å². The van der Waals surface area contributed by atoms with Crippen molar-refractivity contribution in [2.45, 2.75) is 125 Å². The van der Waals surface area contributed by atoms with Gasteiger partial charge in [0.2, 0.25) is 5.91 Å². The molecule has 0 heterocycles. The quantitative estimate of drug-likeness (QED) is 0.164. The van der Waals surface area contributed by atoms with Crippen molar-refractivity contribution in [3.05, 3.63) is 142 Å². The van der Waals surface area contributed by atoms with E-state index in [1.807, 2.05) is 72.7 Å². The van der Waals surface area contributed by atoms with Gasteiger partial charge in [-0.2, -0.15) is 0 Å². The second-order valence-electron chi connectivity index (χ2n) is 15.7. The molecular formula is C45H64N2O3. The molecule has 5 nitrogen and oxygen atoms in total. The average molecular weight is 681 g/mol. The smallest absolute Gasteiger partial charge is 0.217 e. The van der Waals surface area contributed by atoms with Gasteiger partial charge in [-0.3, -0.25) is 9.59 Å². The minimum atomic E-state index is -0.602. The van der Waals surface area contributed by atoms with Gasteiger partial charge < -0.3 is 16.2 Å². The zero-order valence-electron chi connectivity index (χ0n) is 32.9. The summed E-state index contributed by atoms with van der Waals surface area (Å²) in [6.45, 7) is 23.3. The van der Waals surface area contributed by atoms with E-state index in [0.717, 1.165) is 18.4 Å². The molecule has 4 N–H and O–H groups in total. The Bertz CT molecular complexity index is 1500. The van der Waals surface area contributed by atoms with Crippen LogP contribution in [0.3, 0.4) is 0 Å². The highest BCUT2D eigenvalue weighted by Crippen LogP contribution is 2.14. The van der Waals surface area contributed by atoms with Crippen molar-refractivity contribution < 1.29 is 14.7 Å². The summed E-state index contributed by atoms with van der Waals surface area (Å²) >= 11 is 0. The van der Waals surface area contributed by atoms with E-state index in [1.54, 1.807) is 13.8 Å². The third kappa shape index (κ3) is 22.6. The lowest BCUT2D eigenvalue weighted by Gasteiger charge is -2.25. The molecule has 4 aromatic carbocycles. The topological polar surface area (TPSA) is 92.4 Å². The number of Topliss-reactive ketones (excluding diaryl/α,β-unsaturated/α-hetero) is 1. The second kappa shape index (κ2) is 20.6. The van der Waals surface area contributed by atoms with Crippen molar-refractivity contribution in [2.24, 2.45) is 5.73 Å². The predicted octanol–water partition coefficient (Wildman–Crippen LogP) is 9.16. The lowest BCUT2D eigenvalue weighted by atomic mass is 9.94. The maximum absolute atomic E-state index is 11.0. The Morgan fingerprint density at radius 3 is 1.12 bits per heavy atom. The van der Waals surface area contributed by atoms with Crippen LogP contribution in [0.25, 0.3) is 0 Å². The number of rotatable bonds is 9. The third-order valence-corrected chi connectivity index (χ3v) is 7.39. The van der Waals surface area contributed by atoms with E-state index >= 15 is 0 Å². The van der Waals surface area contributed by atoms with Gasteiger partial charge in [0.25, 0.3) is 0 Å². The van der Waals surface area contributed by atoms with Gasteiger partial charge in [0.05, 0.1) is 5.60 Å². The Balaban J connectivity index is 0.000000336. The predicted molar refractivity (Wildman–Crippen MR) is 213 cm³/mol. The maximum atomic E-state index is 11.0. The van der Waals surface area contributed by atoms with Crippen LogP contribution in [0.1, 0.15) is 99.9 Å². The number of carbonyl (C=O) groups excluding carboxylic acids is 2. The zero-order valence-corrected chi connectivity index (χ0v) is 32.9. The average Bonchev–Trinajstić information content (AvgIpc) is 2.97. The van der Waals surface area contributed by atoms with E-state index in [2.05, 4.69) is 98.9 Å². The highest BCUT2D eigenvalue weighted by molar-refractivity contribution is 5.78. The molecule has 50 heavy (non-hydrogen) atoms. The number of ketones is 1. The number of hydrogen-bond donors (Lipinski definition) is 3. The molecule has 1 amide bonds. The van der Waals surface area contributed by atoms with Crippen molar-refractivity contribution in [2.75, 3.05) is 0 Å². The minimum absolute atomic E-state index is 0.0205. The van der Waals surface area contributed by atoms with E-state index < -0.39 is 5.60 Å². The van der Waals surface area contributed by atoms with Crippen molar-refractivity contribution in [3.8, 4) is 0 Å². The van der Waals surface area contributed by atoms with Crippen LogP contribution in [0, 0.1) is 27.7 Å². The zero-order chi connectivity index (χ0) is 38.1. The van der Waals surface area contributed by atoms with Crippen LogP contribution in [0.4, 0.5) is 0 Å². The number of benzene rings is 4. The van der Waals surface area contributed by atoms with Gasteiger partial charge in [-0.15, -0.1) is 0 Å². The summed E-state index contributed by atoms with van der Waals surface area (Å²) in [5.74, 6) is 0.237. The molecule has 0 aliphatic rings. The summed E-state index contributed by atoms with van der Waals surface area (Å²) in [6, 6.07) is 33.3. The lowest BCUT2D eigenvalue weighted by Crippen LogP contribution is -2.43. The molecule has 0 saturated carbocycles. The molecule has 0 aliphatic carbocycles. The molecule has 0 atom stereocenters. The van der Waals surface area contributed by atoms with E-state index in [1.165, 1.54) is 38.9 Å². The molecule has 0 saturated heterocycles. The molecule has 0 bridgehead atoms. The summed E-state index contributed by atoms with van der Waals surface area (Å²) in [7, 11) is 0. The van der Waals surface area contributed by atoms with Gasteiger partial charge in [0, 0.05) is 30.8 Å². The fourth-order valence-electron chi connectivity index (χ4n) is 5.17. The maximum Gasteiger partial charge on any atom is 0.217 e. The Kier molecular flexibility index (Phi) is 18.1. The largest absolute Gasteiger partial charge is 0.390 e. The van der Waals surface area contributed by atoms with E-state index in [9.17, 15) is 14.7 Å². The van der Waals surface area contributed by atoms with Gasteiger partial charge in [-0.25, -0.2) is 0 Å². The monoisotopic (exact) mass is 680 g/mol. The normalized spacial score (nSPS) is 11.1. The fraction of sp³-hybridized carbons (Fsp3) is 0.422. The highest BCUT2D eigenvalue weighted by Gasteiger charge is 2.19. The van der Waals surface area contributed by atoms with Gasteiger partial charge >= 0.3 is 0 Å². The van der Waals surface area contributed by atoms with Crippen LogP contribution in [-0.4, -0.2) is 33.5 Å². The summed E-state index contributed by atoms with van der Waals surface area (Å²) in [6.07, 6.45) is 3.06. The van der Waals surface area contributed by atoms with Gasteiger partial charge in [-0.1, -0.05) is 119 Å².